The number of carbonyl (C=O) groups excluding carboxylic acids is 1. The Bertz CT molecular complexity index is 888. The molecule has 1 aromatic heterocycles. The van der Waals surface area contributed by atoms with Crippen molar-refractivity contribution in [3.8, 4) is 0 Å². The first-order valence-electron chi connectivity index (χ1n) is 10.6. The second kappa shape index (κ2) is 6.69. The molecule has 6 heteroatoms. The van der Waals surface area contributed by atoms with Gasteiger partial charge in [0.15, 0.2) is 5.82 Å². The van der Waals surface area contributed by atoms with Crippen LogP contribution in [-0.4, -0.2) is 22.1 Å². The zero-order valence-electron chi connectivity index (χ0n) is 16.4. The van der Waals surface area contributed by atoms with Gasteiger partial charge in [-0.2, -0.15) is 4.98 Å². The van der Waals surface area contributed by atoms with Crippen molar-refractivity contribution >= 4 is 11.6 Å². The fraction of sp³-hybridized carbons (Fsp3) is 0.591. The van der Waals surface area contributed by atoms with Crippen molar-refractivity contribution in [3.63, 3.8) is 0 Å². The second-order valence-electron chi connectivity index (χ2n) is 8.85. The molecule has 148 valence electrons. The Morgan fingerprint density at radius 1 is 1.21 bits per heavy atom. The van der Waals surface area contributed by atoms with Gasteiger partial charge in [-0.25, -0.2) is 0 Å². The second-order valence-corrected chi connectivity index (χ2v) is 8.85. The molecule has 1 amide bonds. The minimum absolute atomic E-state index is 0.00820. The van der Waals surface area contributed by atoms with E-state index in [4.69, 9.17) is 10.3 Å². The normalized spacial score (nSPS) is 28.6. The number of para-hydroxylation sites is 1. The van der Waals surface area contributed by atoms with Gasteiger partial charge in [0, 0.05) is 11.7 Å². The van der Waals surface area contributed by atoms with E-state index in [1.165, 1.54) is 5.56 Å². The molecular weight excluding hydrogens is 352 g/mol. The van der Waals surface area contributed by atoms with Gasteiger partial charge in [0.25, 0.3) is 0 Å². The van der Waals surface area contributed by atoms with Crippen molar-refractivity contribution in [1.29, 1.82) is 0 Å². The van der Waals surface area contributed by atoms with E-state index in [1.54, 1.807) is 0 Å². The van der Waals surface area contributed by atoms with Crippen LogP contribution in [0.3, 0.4) is 0 Å². The SMILES string of the molecule is CC1Cc2ccccc2N1C(=O)C1CCCCC1c1nc(C2(N)CCC2)no1. The fourth-order valence-electron chi connectivity index (χ4n) is 5.17. The number of nitrogens with two attached hydrogens (primary N) is 1. The van der Waals surface area contributed by atoms with Gasteiger partial charge in [-0.1, -0.05) is 36.2 Å². The molecule has 1 aromatic carbocycles. The highest BCUT2D eigenvalue weighted by molar-refractivity contribution is 5.98. The van der Waals surface area contributed by atoms with Crippen molar-refractivity contribution < 1.29 is 9.32 Å². The van der Waals surface area contributed by atoms with Crippen molar-refractivity contribution in [2.75, 3.05) is 4.90 Å². The lowest BCUT2D eigenvalue weighted by Crippen LogP contribution is -2.44. The Morgan fingerprint density at radius 2 is 2.00 bits per heavy atom. The number of fused-ring (bicyclic) bond motifs is 1. The lowest BCUT2D eigenvalue weighted by Gasteiger charge is -2.35. The van der Waals surface area contributed by atoms with Crippen LogP contribution < -0.4 is 10.6 Å². The Balaban J connectivity index is 1.43. The third-order valence-electron chi connectivity index (χ3n) is 6.98. The summed E-state index contributed by atoms with van der Waals surface area (Å²) in [6.45, 7) is 2.13. The summed E-state index contributed by atoms with van der Waals surface area (Å²) >= 11 is 0. The molecule has 28 heavy (non-hydrogen) atoms. The van der Waals surface area contributed by atoms with Crippen LogP contribution in [0.25, 0.3) is 0 Å². The van der Waals surface area contributed by atoms with Crippen molar-refractivity contribution in [1.82, 2.24) is 10.1 Å². The topological polar surface area (TPSA) is 85.2 Å². The smallest absolute Gasteiger partial charge is 0.231 e. The van der Waals surface area contributed by atoms with Crippen LogP contribution in [-0.2, 0) is 16.8 Å². The Kier molecular flexibility index (Phi) is 4.27. The van der Waals surface area contributed by atoms with Crippen LogP contribution in [0, 0.1) is 5.92 Å². The van der Waals surface area contributed by atoms with E-state index in [9.17, 15) is 4.79 Å². The van der Waals surface area contributed by atoms with Crippen LogP contribution in [0.1, 0.15) is 75.1 Å². The van der Waals surface area contributed by atoms with Gasteiger partial charge in [-0.15, -0.1) is 0 Å². The average molecular weight is 380 g/mol. The predicted octanol–water partition coefficient (Wildman–Crippen LogP) is 3.66. The number of aromatic nitrogens is 2. The minimum Gasteiger partial charge on any atom is -0.339 e. The van der Waals surface area contributed by atoms with Crippen LogP contribution in [0.4, 0.5) is 5.69 Å². The molecule has 6 nitrogen and oxygen atoms in total. The van der Waals surface area contributed by atoms with E-state index >= 15 is 0 Å². The highest BCUT2D eigenvalue weighted by Gasteiger charge is 2.43. The molecule has 3 atom stereocenters. The van der Waals surface area contributed by atoms with Crippen molar-refractivity contribution in [2.24, 2.45) is 11.7 Å². The van der Waals surface area contributed by atoms with Gasteiger partial charge in [-0.05, 0) is 57.1 Å². The summed E-state index contributed by atoms with van der Waals surface area (Å²) in [5.41, 5.74) is 8.26. The van der Waals surface area contributed by atoms with E-state index in [-0.39, 0.29) is 23.8 Å². The molecule has 2 aliphatic carbocycles. The van der Waals surface area contributed by atoms with Gasteiger partial charge in [0.1, 0.15) is 0 Å². The average Bonchev–Trinajstić information content (AvgIpc) is 3.30. The lowest BCUT2D eigenvalue weighted by molar-refractivity contribution is -0.124. The molecule has 2 N–H and O–H groups in total. The first-order valence-corrected chi connectivity index (χ1v) is 10.6. The Labute approximate surface area is 165 Å². The molecule has 0 spiro atoms. The number of nitrogens with zero attached hydrogens (tertiary/aromatic N) is 3. The summed E-state index contributed by atoms with van der Waals surface area (Å²) in [5, 5.41) is 4.19. The number of rotatable bonds is 3. The fourth-order valence-corrected chi connectivity index (χ4v) is 5.17. The molecule has 2 aromatic rings. The summed E-state index contributed by atoms with van der Waals surface area (Å²) in [4.78, 5) is 20.3. The standard InChI is InChI=1S/C22H28N4O2/c1-14-13-15-7-2-5-10-18(15)26(14)20(27)17-9-4-3-8-16(17)19-24-21(25-28-19)22(23)11-6-12-22/h2,5,7,10,14,16-17H,3-4,6,8-9,11-13,23H2,1H3. The van der Waals surface area contributed by atoms with Gasteiger partial charge in [0.05, 0.1) is 17.4 Å². The first kappa shape index (κ1) is 17.9. The molecule has 3 unspecified atom stereocenters. The zero-order valence-corrected chi connectivity index (χ0v) is 16.4. The van der Waals surface area contributed by atoms with Crippen molar-refractivity contribution in [3.05, 3.63) is 41.5 Å². The van der Waals surface area contributed by atoms with E-state index in [2.05, 4.69) is 29.2 Å². The summed E-state index contributed by atoms with van der Waals surface area (Å²) < 4.78 is 5.65. The van der Waals surface area contributed by atoms with Gasteiger partial charge < -0.3 is 15.2 Å². The number of hydrogen-bond donors (Lipinski definition) is 1. The highest BCUT2D eigenvalue weighted by Crippen LogP contribution is 2.43. The lowest BCUT2D eigenvalue weighted by atomic mass is 9.76. The molecule has 2 heterocycles. The number of hydrogen-bond acceptors (Lipinski definition) is 5. The monoisotopic (exact) mass is 380 g/mol. The maximum absolute atomic E-state index is 13.6. The Morgan fingerprint density at radius 3 is 2.79 bits per heavy atom. The van der Waals surface area contributed by atoms with Gasteiger partial charge in [-0.3, -0.25) is 4.79 Å². The summed E-state index contributed by atoms with van der Waals surface area (Å²) in [6.07, 6.45) is 7.78. The molecular formula is C22H28N4O2. The first-order chi connectivity index (χ1) is 13.6. The van der Waals surface area contributed by atoms with Crippen LogP contribution in [0.5, 0.6) is 0 Å². The van der Waals surface area contributed by atoms with Gasteiger partial charge in [0.2, 0.25) is 11.8 Å². The summed E-state index contributed by atoms with van der Waals surface area (Å²) in [6, 6.07) is 8.44. The third kappa shape index (κ3) is 2.77. The molecule has 2 fully saturated rings. The molecule has 5 rings (SSSR count). The molecule has 0 radical (unpaired) electrons. The summed E-state index contributed by atoms with van der Waals surface area (Å²) in [5.74, 6) is 1.31. The highest BCUT2D eigenvalue weighted by atomic mass is 16.5. The molecule has 1 aliphatic heterocycles. The number of benzene rings is 1. The van der Waals surface area contributed by atoms with E-state index in [0.29, 0.717) is 11.7 Å². The molecule has 2 saturated carbocycles. The van der Waals surface area contributed by atoms with E-state index in [0.717, 1.165) is 57.1 Å². The van der Waals surface area contributed by atoms with E-state index < -0.39 is 5.54 Å². The molecule has 0 saturated heterocycles. The number of anilines is 1. The quantitative estimate of drug-likeness (QED) is 0.878. The number of amides is 1. The Hall–Kier alpha value is -2.21. The zero-order chi connectivity index (χ0) is 19.3. The largest absolute Gasteiger partial charge is 0.339 e. The maximum Gasteiger partial charge on any atom is 0.231 e. The van der Waals surface area contributed by atoms with E-state index in [1.807, 2.05) is 17.0 Å². The molecule has 0 bridgehead atoms. The van der Waals surface area contributed by atoms with Gasteiger partial charge >= 0.3 is 0 Å². The van der Waals surface area contributed by atoms with Crippen LogP contribution in [0.15, 0.2) is 28.8 Å². The maximum atomic E-state index is 13.6. The van der Waals surface area contributed by atoms with Crippen molar-refractivity contribution in [2.45, 2.75) is 75.8 Å². The third-order valence-corrected chi connectivity index (χ3v) is 6.98. The molecule has 3 aliphatic rings. The van der Waals surface area contributed by atoms with Crippen LogP contribution in [0.2, 0.25) is 0 Å². The predicted molar refractivity (Wildman–Crippen MR) is 106 cm³/mol. The number of carbonyl (C=O) groups is 1. The minimum atomic E-state index is -0.432. The summed E-state index contributed by atoms with van der Waals surface area (Å²) in [7, 11) is 0. The van der Waals surface area contributed by atoms with Crippen LogP contribution >= 0.6 is 0 Å².